The average molecular weight is 275 g/mol. The number of rotatable bonds is 14. The van der Waals surface area contributed by atoms with Crippen LogP contribution in [-0.4, -0.2) is 34.9 Å². The van der Waals surface area contributed by atoms with Crippen LogP contribution in [0.4, 0.5) is 0 Å². The highest BCUT2D eigenvalue weighted by molar-refractivity contribution is 4.56. The predicted octanol–water partition coefficient (Wildman–Crippen LogP) is 4.39. The summed E-state index contributed by atoms with van der Waals surface area (Å²) in [4.78, 5) is 0. The molecule has 0 aromatic carbocycles. The topological polar surface area (TPSA) is 52.9 Å². The maximum atomic E-state index is 8.66. The van der Waals surface area contributed by atoms with Crippen LogP contribution >= 0.6 is 0 Å². The monoisotopic (exact) mass is 275 g/mol. The van der Waals surface area contributed by atoms with Gasteiger partial charge in [0.1, 0.15) is 0 Å². The highest BCUT2D eigenvalue weighted by Crippen LogP contribution is 2.10. The summed E-state index contributed by atoms with van der Waals surface area (Å²) in [6.45, 7) is 5.35. The Labute approximate surface area is 118 Å². The molecule has 4 heteroatoms. The molecule has 0 aromatic rings. The van der Waals surface area contributed by atoms with E-state index in [9.17, 15) is 0 Å². The maximum Gasteiger partial charge on any atom is 0.0586 e. The fourth-order valence-electron chi connectivity index (χ4n) is 2.15. The SMILES string of the molecule is CCCCCCCCCCOC(CC)CCN(O)O. The van der Waals surface area contributed by atoms with Gasteiger partial charge in [-0.1, -0.05) is 64.0 Å². The lowest BCUT2D eigenvalue weighted by Crippen LogP contribution is -2.22. The van der Waals surface area contributed by atoms with Gasteiger partial charge in [-0.05, 0) is 19.3 Å². The molecule has 4 nitrogen and oxygen atoms in total. The number of hydroxylamine groups is 2. The van der Waals surface area contributed by atoms with Gasteiger partial charge in [0.15, 0.2) is 0 Å². The lowest BCUT2D eigenvalue weighted by molar-refractivity contribution is -0.308. The summed E-state index contributed by atoms with van der Waals surface area (Å²) in [5, 5.41) is 17.6. The second-order valence-electron chi connectivity index (χ2n) is 5.26. The third kappa shape index (κ3) is 14.1. The second kappa shape index (κ2) is 14.3. The van der Waals surface area contributed by atoms with Crippen LogP contribution in [0.5, 0.6) is 0 Å². The lowest BCUT2D eigenvalue weighted by Gasteiger charge is -2.17. The van der Waals surface area contributed by atoms with Crippen LogP contribution in [-0.2, 0) is 4.74 Å². The van der Waals surface area contributed by atoms with E-state index in [1.165, 1.54) is 44.9 Å². The highest BCUT2D eigenvalue weighted by atomic mass is 16.8. The molecule has 0 aliphatic rings. The van der Waals surface area contributed by atoms with Crippen molar-refractivity contribution < 1.29 is 15.2 Å². The maximum absolute atomic E-state index is 8.66. The molecule has 0 aliphatic heterocycles. The first-order valence-corrected chi connectivity index (χ1v) is 7.97. The highest BCUT2D eigenvalue weighted by Gasteiger charge is 2.07. The minimum atomic E-state index is 0.145. The number of hydrogen-bond acceptors (Lipinski definition) is 4. The first kappa shape index (κ1) is 18.8. The summed E-state index contributed by atoms with van der Waals surface area (Å²) in [7, 11) is 0. The smallest absolute Gasteiger partial charge is 0.0586 e. The Morgan fingerprint density at radius 1 is 0.895 bits per heavy atom. The number of unbranched alkanes of at least 4 members (excludes halogenated alkanes) is 7. The molecule has 1 atom stereocenters. The Hall–Kier alpha value is -0.160. The van der Waals surface area contributed by atoms with Crippen molar-refractivity contribution in [2.75, 3.05) is 13.2 Å². The van der Waals surface area contributed by atoms with Gasteiger partial charge >= 0.3 is 0 Å². The normalized spacial score (nSPS) is 13.1. The molecular weight excluding hydrogens is 242 g/mol. The number of hydrogen-bond donors (Lipinski definition) is 2. The van der Waals surface area contributed by atoms with E-state index >= 15 is 0 Å². The van der Waals surface area contributed by atoms with Gasteiger partial charge in [0.05, 0.1) is 12.6 Å². The zero-order valence-electron chi connectivity index (χ0n) is 12.8. The molecule has 0 heterocycles. The van der Waals surface area contributed by atoms with Crippen molar-refractivity contribution in [3.05, 3.63) is 0 Å². The van der Waals surface area contributed by atoms with Gasteiger partial charge in [-0.15, -0.1) is 0 Å². The van der Waals surface area contributed by atoms with Crippen LogP contribution in [0, 0.1) is 0 Å². The quantitative estimate of drug-likeness (QED) is 0.364. The van der Waals surface area contributed by atoms with Crippen LogP contribution in [0.25, 0.3) is 0 Å². The molecule has 116 valence electrons. The molecule has 1 unspecified atom stereocenters. The Kier molecular flexibility index (Phi) is 14.1. The minimum Gasteiger partial charge on any atom is -0.378 e. The molecule has 0 fully saturated rings. The van der Waals surface area contributed by atoms with Crippen LogP contribution in [0.15, 0.2) is 0 Å². The summed E-state index contributed by atoms with van der Waals surface area (Å²) in [6, 6.07) is 0. The predicted molar refractivity (Wildman–Crippen MR) is 77.5 cm³/mol. The van der Waals surface area contributed by atoms with E-state index in [1.54, 1.807) is 0 Å². The fraction of sp³-hybridized carbons (Fsp3) is 1.00. The van der Waals surface area contributed by atoms with E-state index in [4.69, 9.17) is 15.2 Å². The Morgan fingerprint density at radius 2 is 1.47 bits per heavy atom. The zero-order chi connectivity index (χ0) is 14.3. The standard InChI is InChI=1S/C15H33NO3/c1-3-5-6-7-8-9-10-11-14-19-15(4-2)12-13-16(17)18/h15,17-18H,3-14H2,1-2H3. The first-order valence-electron chi connectivity index (χ1n) is 7.97. The second-order valence-corrected chi connectivity index (χ2v) is 5.26. The molecule has 0 rings (SSSR count). The van der Waals surface area contributed by atoms with Crippen molar-refractivity contribution in [3.63, 3.8) is 0 Å². The molecule has 0 spiro atoms. The Morgan fingerprint density at radius 3 is 2.00 bits per heavy atom. The fourth-order valence-corrected chi connectivity index (χ4v) is 2.15. The molecule has 0 saturated carbocycles. The van der Waals surface area contributed by atoms with E-state index in [-0.39, 0.29) is 17.9 Å². The lowest BCUT2D eigenvalue weighted by atomic mass is 10.1. The molecule has 0 saturated heterocycles. The van der Waals surface area contributed by atoms with E-state index in [0.29, 0.717) is 6.42 Å². The van der Waals surface area contributed by atoms with Crippen molar-refractivity contribution >= 4 is 0 Å². The first-order chi connectivity index (χ1) is 9.20. The van der Waals surface area contributed by atoms with E-state index in [0.717, 1.165) is 19.4 Å². The van der Waals surface area contributed by atoms with Crippen molar-refractivity contribution in [2.24, 2.45) is 0 Å². The van der Waals surface area contributed by atoms with E-state index in [1.807, 2.05) is 0 Å². The molecule has 19 heavy (non-hydrogen) atoms. The minimum absolute atomic E-state index is 0.145. The zero-order valence-corrected chi connectivity index (χ0v) is 12.8. The van der Waals surface area contributed by atoms with Gasteiger partial charge in [0.25, 0.3) is 0 Å². The molecule has 0 radical (unpaired) electrons. The summed E-state index contributed by atoms with van der Waals surface area (Å²) < 4.78 is 5.74. The number of ether oxygens (including phenoxy) is 1. The van der Waals surface area contributed by atoms with Crippen molar-refractivity contribution in [3.8, 4) is 0 Å². The number of nitrogens with zero attached hydrogens (tertiary/aromatic N) is 1. The summed E-state index contributed by atoms with van der Waals surface area (Å²) in [5.74, 6) is 0. The summed E-state index contributed by atoms with van der Waals surface area (Å²) in [5.41, 5.74) is 0. The third-order valence-electron chi connectivity index (χ3n) is 3.46. The van der Waals surface area contributed by atoms with Crippen molar-refractivity contribution in [1.82, 2.24) is 5.23 Å². The summed E-state index contributed by atoms with van der Waals surface area (Å²) in [6.07, 6.45) is 12.2. The van der Waals surface area contributed by atoms with Gasteiger partial charge in [-0.25, -0.2) is 0 Å². The largest absolute Gasteiger partial charge is 0.378 e. The van der Waals surface area contributed by atoms with Crippen molar-refractivity contribution in [1.29, 1.82) is 0 Å². The Balaban J connectivity index is 3.26. The molecule has 0 bridgehead atoms. The molecule has 0 aliphatic carbocycles. The van der Waals surface area contributed by atoms with E-state index in [2.05, 4.69) is 13.8 Å². The average Bonchev–Trinajstić information content (AvgIpc) is 2.40. The molecule has 2 N–H and O–H groups in total. The molecular formula is C15H33NO3. The third-order valence-corrected chi connectivity index (χ3v) is 3.46. The van der Waals surface area contributed by atoms with Crippen LogP contribution in [0.2, 0.25) is 0 Å². The van der Waals surface area contributed by atoms with Crippen LogP contribution < -0.4 is 0 Å². The van der Waals surface area contributed by atoms with Crippen LogP contribution in [0.3, 0.4) is 0 Å². The van der Waals surface area contributed by atoms with Crippen LogP contribution in [0.1, 0.15) is 78.1 Å². The van der Waals surface area contributed by atoms with Gasteiger partial charge < -0.3 is 4.74 Å². The van der Waals surface area contributed by atoms with Gasteiger partial charge in [-0.3, -0.25) is 10.4 Å². The summed E-state index contributed by atoms with van der Waals surface area (Å²) >= 11 is 0. The van der Waals surface area contributed by atoms with E-state index < -0.39 is 0 Å². The van der Waals surface area contributed by atoms with Gasteiger partial charge in [0, 0.05) is 6.61 Å². The van der Waals surface area contributed by atoms with Gasteiger partial charge in [0.2, 0.25) is 0 Å². The molecule has 0 amide bonds. The molecule has 0 aromatic heterocycles. The van der Waals surface area contributed by atoms with Crippen molar-refractivity contribution in [2.45, 2.75) is 84.2 Å². The van der Waals surface area contributed by atoms with Gasteiger partial charge in [-0.2, -0.15) is 0 Å². The Bertz CT molecular complexity index is 177.